The summed E-state index contributed by atoms with van der Waals surface area (Å²) in [7, 11) is 0. The summed E-state index contributed by atoms with van der Waals surface area (Å²) in [5, 5.41) is 17.4. The quantitative estimate of drug-likeness (QED) is 0.228. The number of aromatic amines is 1. The van der Waals surface area contributed by atoms with Gasteiger partial charge in [0.15, 0.2) is 0 Å². The van der Waals surface area contributed by atoms with Gasteiger partial charge in [0.05, 0.1) is 35.1 Å². The Hall–Kier alpha value is -4.47. The number of aryl methyl sites for hydroxylation is 1. The summed E-state index contributed by atoms with van der Waals surface area (Å²) in [5.41, 5.74) is -0.239. The lowest BCUT2D eigenvalue weighted by Gasteiger charge is -2.20. The molecule has 0 fully saturated rings. The number of hydrogen-bond donors (Lipinski definition) is 4. The van der Waals surface area contributed by atoms with E-state index in [1.807, 2.05) is 0 Å². The first-order valence-corrected chi connectivity index (χ1v) is 11.9. The van der Waals surface area contributed by atoms with E-state index in [4.69, 9.17) is 5.73 Å². The molecule has 5 N–H and O–H groups in total. The Balaban J connectivity index is 1.52. The molecule has 4 aromatic rings. The smallest absolute Gasteiger partial charge is 0.394 e. The van der Waals surface area contributed by atoms with E-state index in [0.29, 0.717) is 6.07 Å². The molecule has 0 unspecified atom stereocenters. The van der Waals surface area contributed by atoms with Gasteiger partial charge in [-0.25, -0.2) is 14.5 Å². The number of aliphatic hydroxyl groups is 1. The number of rotatable bonds is 8. The number of halogens is 7. The number of alkyl halides is 6. The molecule has 0 aliphatic carbocycles. The molecule has 0 aliphatic rings. The molecule has 41 heavy (non-hydrogen) atoms. The topological polar surface area (TPSA) is 139 Å². The van der Waals surface area contributed by atoms with Crippen LogP contribution in [0.5, 0.6) is 0 Å². The van der Waals surface area contributed by atoms with Gasteiger partial charge < -0.3 is 20.7 Å². The first kappa shape index (κ1) is 29.5. The lowest BCUT2D eigenvalue weighted by Crippen LogP contribution is -2.30. The molecule has 0 aliphatic heterocycles. The number of aliphatic hydroxyl groups excluding tert-OH is 1. The second kappa shape index (κ2) is 11.2. The van der Waals surface area contributed by atoms with Gasteiger partial charge in [0.25, 0.3) is 11.1 Å². The van der Waals surface area contributed by atoms with Crippen LogP contribution in [0.2, 0.25) is 0 Å². The van der Waals surface area contributed by atoms with E-state index in [-0.39, 0.29) is 41.4 Å². The van der Waals surface area contributed by atoms with Crippen molar-refractivity contribution in [3.05, 3.63) is 80.4 Å². The van der Waals surface area contributed by atoms with E-state index in [9.17, 15) is 45.4 Å². The van der Waals surface area contributed by atoms with Crippen LogP contribution in [0.1, 0.15) is 24.0 Å². The van der Waals surface area contributed by atoms with Gasteiger partial charge in [-0.2, -0.15) is 31.4 Å². The standard InChI is InChI=1S/C25H21F7N6O3/c26-17-9-14-12(8-15(17)18-4-3-16(21(33)36-18)24(27,28)29)5-7-38(23(14)41)6-1-2-13(11-39)35-19-10-34-37-22(40)20(19)25(30,31)32/h3-5,7-10,13,39H,1-2,6,11H2,(H2,33,36)(H2,35,37,40)/t13-/m1/s1. The molecule has 1 aromatic carbocycles. The molecule has 1 atom stereocenters. The minimum atomic E-state index is -4.97. The molecule has 218 valence electrons. The molecule has 16 heteroatoms. The third-order valence-electron chi connectivity index (χ3n) is 6.24. The zero-order chi connectivity index (χ0) is 30.1. The Morgan fingerprint density at radius 1 is 1.07 bits per heavy atom. The molecule has 0 saturated heterocycles. The predicted octanol–water partition coefficient (Wildman–Crippen LogP) is 4.16. The van der Waals surface area contributed by atoms with Crippen LogP contribution in [0, 0.1) is 5.82 Å². The van der Waals surface area contributed by atoms with Crippen molar-refractivity contribution in [2.75, 3.05) is 17.7 Å². The number of nitrogens with two attached hydrogens (primary N) is 1. The van der Waals surface area contributed by atoms with Crippen LogP contribution in [0.3, 0.4) is 0 Å². The Morgan fingerprint density at radius 3 is 2.44 bits per heavy atom. The average Bonchev–Trinajstić information content (AvgIpc) is 2.88. The molecule has 0 bridgehead atoms. The highest BCUT2D eigenvalue weighted by atomic mass is 19.4. The van der Waals surface area contributed by atoms with E-state index in [1.165, 1.54) is 22.9 Å². The average molecular weight is 586 g/mol. The lowest BCUT2D eigenvalue weighted by atomic mass is 10.0. The number of pyridine rings is 2. The fourth-order valence-corrected chi connectivity index (χ4v) is 4.27. The van der Waals surface area contributed by atoms with Crippen molar-refractivity contribution in [1.29, 1.82) is 0 Å². The van der Waals surface area contributed by atoms with Crippen molar-refractivity contribution in [1.82, 2.24) is 19.7 Å². The summed E-state index contributed by atoms with van der Waals surface area (Å²) < 4.78 is 94.9. The Labute approximate surface area is 225 Å². The Bertz CT molecular complexity index is 1700. The second-order valence-electron chi connectivity index (χ2n) is 9.01. The number of H-pyrrole nitrogens is 1. The van der Waals surface area contributed by atoms with Gasteiger partial charge >= 0.3 is 12.4 Å². The lowest BCUT2D eigenvalue weighted by molar-refractivity contribution is -0.138. The number of anilines is 2. The number of hydrogen-bond acceptors (Lipinski definition) is 7. The van der Waals surface area contributed by atoms with E-state index >= 15 is 0 Å². The molecule has 9 nitrogen and oxygen atoms in total. The first-order chi connectivity index (χ1) is 19.2. The molecular weight excluding hydrogens is 565 g/mol. The van der Waals surface area contributed by atoms with Crippen molar-refractivity contribution < 1.29 is 35.8 Å². The monoisotopic (exact) mass is 586 g/mol. The Kier molecular flexibility index (Phi) is 8.05. The third-order valence-corrected chi connectivity index (χ3v) is 6.24. The van der Waals surface area contributed by atoms with Gasteiger partial charge in [0.2, 0.25) is 0 Å². The van der Waals surface area contributed by atoms with Crippen molar-refractivity contribution in [2.45, 2.75) is 37.8 Å². The molecule has 4 rings (SSSR count). The summed E-state index contributed by atoms with van der Waals surface area (Å²) in [6.07, 6.45) is -7.26. The largest absolute Gasteiger partial charge is 0.423 e. The van der Waals surface area contributed by atoms with Gasteiger partial charge in [0, 0.05) is 24.3 Å². The van der Waals surface area contributed by atoms with Gasteiger partial charge in [-0.1, -0.05) is 0 Å². The zero-order valence-corrected chi connectivity index (χ0v) is 20.8. The van der Waals surface area contributed by atoms with Crippen LogP contribution in [-0.4, -0.2) is 37.5 Å². The van der Waals surface area contributed by atoms with Crippen molar-refractivity contribution in [3.63, 3.8) is 0 Å². The number of benzene rings is 1. The molecule has 0 saturated carbocycles. The normalized spacial score (nSPS) is 13.0. The summed E-state index contributed by atoms with van der Waals surface area (Å²) in [6.45, 7) is -0.541. The van der Waals surface area contributed by atoms with Gasteiger partial charge in [-0.3, -0.25) is 9.59 Å². The molecule has 0 amide bonds. The van der Waals surface area contributed by atoms with Crippen LogP contribution in [0.25, 0.3) is 22.0 Å². The van der Waals surface area contributed by atoms with Crippen LogP contribution in [-0.2, 0) is 18.9 Å². The van der Waals surface area contributed by atoms with Crippen molar-refractivity contribution in [3.8, 4) is 11.3 Å². The van der Waals surface area contributed by atoms with Gasteiger partial charge in [-0.15, -0.1) is 0 Å². The van der Waals surface area contributed by atoms with E-state index in [1.54, 1.807) is 5.10 Å². The SMILES string of the molecule is Nc1nc(-c2cc3ccn(CCC[C@H](CO)Nc4cn[nH]c(=O)c4C(F)(F)F)c(=O)c3cc2F)ccc1C(F)(F)F. The van der Waals surface area contributed by atoms with E-state index < -0.39 is 64.6 Å². The van der Waals surface area contributed by atoms with E-state index in [2.05, 4.69) is 15.4 Å². The fraction of sp³-hybridized carbons (Fsp3) is 0.280. The maximum Gasteiger partial charge on any atom is 0.423 e. The summed E-state index contributed by atoms with van der Waals surface area (Å²) in [4.78, 5) is 28.3. The van der Waals surface area contributed by atoms with Crippen LogP contribution < -0.4 is 22.2 Å². The number of fused-ring (bicyclic) bond motifs is 1. The molecular formula is C25H21F7N6O3. The van der Waals surface area contributed by atoms with Crippen molar-refractivity contribution >= 4 is 22.3 Å². The molecule has 3 heterocycles. The summed E-state index contributed by atoms with van der Waals surface area (Å²) in [5.74, 6) is -1.75. The molecule has 3 aromatic heterocycles. The first-order valence-electron chi connectivity index (χ1n) is 11.9. The predicted molar refractivity (Wildman–Crippen MR) is 134 cm³/mol. The third kappa shape index (κ3) is 6.32. The molecule has 0 spiro atoms. The molecule has 0 radical (unpaired) electrons. The second-order valence-corrected chi connectivity index (χ2v) is 9.01. The maximum absolute atomic E-state index is 14.9. The van der Waals surface area contributed by atoms with Crippen LogP contribution in [0.4, 0.5) is 42.2 Å². The zero-order valence-electron chi connectivity index (χ0n) is 20.8. The highest BCUT2D eigenvalue weighted by molar-refractivity contribution is 5.86. The maximum atomic E-state index is 14.9. The highest BCUT2D eigenvalue weighted by Crippen LogP contribution is 2.35. The fourth-order valence-electron chi connectivity index (χ4n) is 4.27. The van der Waals surface area contributed by atoms with Gasteiger partial charge in [-0.05, 0) is 48.6 Å². The van der Waals surface area contributed by atoms with E-state index in [0.717, 1.165) is 18.3 Å². The van der Waals surface area contributed by atoms with Gasteiger partial charge in [0.1, 0.15) is 17.2 Å². The number of nitrogens with zero attached hydrogens (tertiary/aromatic N) is 3. The van der Waals surface area contributed by atoms with Crippen LogP contribution in [0.15, 0.2) is 52.3 Å². The minimum Gasteiger partial charge on any atom is -0.394 e. The summed E-state index contributed by atoms with van der Waals surface area (Å²) in [6, 6.07) is 4.40. The number of nitrogens with one attached hydrogen (secondary N) is 2. The highest BCUT2D eigenvalue weighted by Gasteiger charge is 2.38. The van der Waals surface area contributed by atoms with Crippen molar-refractivity contribution in [2.24, 2.45) is 0 Å². The summed E-state index contributed by atoms with van der Waals surface area (Å²) >= 11 is 0. The van der Waals surface area contributed by atoms with Crippen LogP contribution >= 0.6 is 0 Å². The number of nitrogen functional groups attached to an aromatic ring is 1. The minimum absolute atomic E-state index is 0.0325. The number of aromatic nitrogens is 4. The Morgan fingerprint density at radius 2 is 1.80 bits per heavy atom.